The monoisotopic (exact) mass is 263 g/mol. The number of nitrogens with zero attached hydrogens (tertiary/aromatic N) is 1. The predicted octanol–water partition coefficient (Wildman–Crippen LogP) is 1.30. The van der Waals surface area contributed by atoms with E-state index in [0.29, 0.717) is 6.54 Å². The van der Waals surface area contributed by atoms with Crippen molar-refractivity contribution in [1.29, 1.82) is 0 Å². The fraction of sp³-hybridized carbons (Fsp3) is 0.571. The third-order valence-corrected chi connectivity index (χ3v) is 3.84. The van der Waals surface area contributed by atoms with E-state index in [1.807, 2.05) is 0 Å². The van der Waals surface area contributed by atoms with Crippen LogP contribution in [0.2, 0.25) is 0 Å². The molecule has 1 saturated heterocycles. The summed E-state index contributed by atoms with van der Waals surface area (Å²) >= 11 is 0. The molecule has 1 aliphatic heterocycles. The summed E-state index contributed by atoms with van der Waals surface area (Å²) in [6.45, 7) is 5.97. The lowest BCUT2D eigenvalue weighted by molar-refractivity contribution is 0.0926. The van der Waals surface area contributed by atoms with E-state index in [4.69, 9.17) is 0 Å². The Morgan fingerprint density at radius 3 is 3.11 bits per heavy atom. The number of pyridine rings is 1. The first kappa shape index (κ1) is 13.8. The van der Waals surface area contributed by atoms with Crippen LogP contribution < -0.4 is 10.6 Å². The van der Waals surface area contributed by atoms with Gasteiger partial charge in [-0.3, -0.25) is 9.78 Å². The summed E-state index contributed by atoms with van der Waals surface area (Å²) in [7, 11) is 0. The smallest absolute Gasteiger partial charge is 0.255 e. The Hall–Kier alpha value is -1.62. The van der Waals surface area contributed by atoms with Gasteiger partial charge < -0.3 is 15.7 Å². The van der Waals surface area contributed by atoms with Gasteiger partial charge in [0.15, 0.2) is 0 Å². The minimum absolute atomic E-state index is 0.0872. The second kappa shape index (κ2) is 5.57. The van der Waals surface area contributed by atoms with Crippen molar-refractivity contribution in [3.05, 3.63) is 24.0 Å². The van der Waals surface area contributed by atoms with E-state index < -0.39 is 0 Å². The van der Waals surface area contributed by atoms with Gasteiger partial charge in [-0.15, -0.1) is 0 Å². The maximum absolute atomic E-state index is 12.0. The number of rotatable bonds is 3. The third kappa shape index (κ3) is 3.23. The predicted molar refractivity (Wildman–Crippen MR) is 73.0 cm³/mol. The van der Waals surface area contributed by atoms with Gasteiger partial charge in [-0.2, -0.15) is 0 Å². The topological polar surface area (TPSA) is 74.2 Å². The van der Waals surface area contributed by atoms with Crippen molar-refractivity contribution in [1.82, 2.24) is 15.6 Å². The van der Waals surface area contributed by atoms with Crippen LogP contribution >= 0.6 is 0 Å². The van der Waals surface area contributed by atoms with Crippen LogP contribution in [0, 0.1) is 5.41 Å². The summed E-state index contributed by atoms with van der Waals surface area (Å²) in [6.07, 6.45) is 5.10. The van der Waals surface area contributed by atoms with Crippen LogP contribution in [0.1, 0.15) is 37.0 Å². The molecule has 1 aromatic heterocycles. The van der Waals surface area contributed by atoms with Gasteiger partial charge in [0, 0.05) is 18.8 Å². The van der Waals surface area contributed by atoms with Gasteiger partial charge in [0.1, 0.15) is 5.75 Å². The van der Waals surface area contributed by atoms with Crippen LogP contribution in [0.5, 0.6) is 5.75 Å². The molecule has 0 spiro atoms. The summed E-state index contributed by atoms with van der Waals surface area (Å²) in [4.78, 5) is 15.8. The number of piperidine rings is 1. The highest BCUT2D eigenvalue weighted by atomic mass is 16.3. The van der Waals surface area contributed by atoms with Gasteiger partial charge in [-0.25, -0.2) is 0 Å². The van der Waals surface area contributed by atoms with Crippen molar-refractivity contribution in [2.45, 2.75) is 32.7 Å². The number of carbonyl (C=O) groups excluding carboxylic acids is 1. The molecule has 104 valence electrons. The Kier molecular flexibility index (Phi) is 4.04. The fourth-order valence-electron chi connectivity index (χ4n) is 2.49. The Balaban J connectivity index is 1.95. The molecule has 1 unspecified atom stereocenters. The molecule has 0 aromatic carbocycles. The first-order valence-electron chi connectivity index (χ1n) is 6.65. The number of carbonyl (C=O) groups is 1. The van der Waals surface area contributed by atoms with Gasteiger partial charge >= 0.3 is 0 Å². The Bertz CT molecular complexity index is 460. The van der Waals surface area contributed by atoms with E-state index in [9.17, 15) is 9.90 Å². The minimum atomic E-state index is -0.261. The highest BCUT2D eigenvalue weighted by Gasteiger charge is 2.32. The molecule has 2 heterocycles. The van der Waals surface area contributed by atoms with Gasteiger partial charge in [-0.05, 0) is 30.9 Å². The summed E-state index contributed by atoms with van der Waals surface area (Å²) < 4.78 is 0. The molecule has 1 aliphatic rings. The Morgan fingerprint density at radius 2 is 2.42 bits per heavy atom. The van der Waals surface area contributed by atoms with Gasteiger partial charge in [0.2, 0.25) is 0 Å². The standard InChI is InChI=1S/C14H21N3O2/c1-14(2)5-3-6-16-12(14)9-17-13(19)10-4-7-15-8-11(10)18/h4,7-8,12,16,18H,3,5-6,9H2,1-2H3,(H,17,19). The van der Waals surface area contributed by atoms with Crippen molar-refractivity contribution in [3.8, 4) is 5.75 Å². The van der Waals surface area contributed by atoms with Crippen molar-refractivity contribution >= 4 is 5.91 Å². The summed E-state index contributed by atoms with van der Waals surface area (Å²) in [5.41, 5.74) is 0.440. The van der Waals surface area contributed by atoms with Crippen LogP contribution in [0.25, 0.3) is 0 Å². The number of hydrogen-bond acceptors (Lipinski definition) is 4. The molecular formula is C14H21N3O2. The molecule has 1 amide bonds. The zero-order valence-corrected chi connectivity index (χ0v) is 11.4. The summed E-state index contributed by atoms with van der Waals surface area (Å²) in [6, 6.07) is 1.78. The Labute approximate surface area is 113 Å². The molecule has 1 atom stereocenters. The largest absolute Gasteiger partial charge is 0.505 e. The van der Waals surface area contributed by atoms with Crippen LogP contribution in [0.15, 0.2) is 18.5 Å². The molecule has 1 fully saturated rings. The van der Waals surface area contributed by atoms with E-state index in [1.54, 1.807) is 0 Å². The summed E-state index contributed by atoms with van der Waals surface area (Å²) in [5, 5.41) is 15.9. The van der Waals surface area contributed by atoms with Crippen LogP contribution in [0.3, 0.4) is 0 Å². The molecular weight excluding hydrogens is 242 g/mol. The molecule has 0 radical (unpaired) electrons. The first-order valence-corrected chi connectivity index (χ1v) is 6.65. The quantitative estimate of drug-likeness (QED) is 0.768. The maximum atomic E-state index is 12.0. The minimum Gasteiger partial charge on any atom is -0.505 e. The van der Waals surface area contributed by atoms with Crippen molar-refractivity contribution in [3.63, 3.8) is 0 Å². The number of hydrogen-bond donors (Lipinski definition) is 3. The average Bonchev–Trinajstić information content (AvgIpc) is 2.37. The molecule has 5 nitrogen and oxygen atoms in total. The zero-order valence-electron chi connectivity index (χ0n) is 11.4. The molecule has 5 heteroatoms. The molecule has 3 N–H and O–H groups in total. The van der Waals surface area contributed by atoms with E-state index >= 15 is 0 Å². The van der Waals surface area contributed by atoms with E-state index in [0.717, 1.165) is 13.0 Å². The average molecular weight is 263 g/mol. The lowest BCUT2D eigenvalue weighted by Crippen LogP contribution is -2.52. The Morgan fingerprint density at radius 1 is 1.63 bits per heavy atom. The maximum Gasteiger partial charge on any atom is 0.255 e. The number of aromatic nitrogens is 1. The van der Waals surface area contributed by atoms with Crippen molar-refractivity contribution < 1.29 is 9.90 Å². The normalized spacial score (nSPS) is 21.9. The highest BCUT2D eigenvalue weighted by Crippen LogP contribution is 2.29. The second-order valence-electron chi connectivity index (χ2n) is 5.70. The molecule has 1 aromatic rings. The van der Waals surface area contributed by atoms with E-state index in [-0.39, 0.29) is 28.7 Å². The number of amides is 1. The number of aromatic hydroxyl groups is 1. The molecule has 2 rings (SSSR count). The molecule has 0 saturated carbocycles. The fourth-order valence-corrected chi connectivity index (χ4v) is 2.49. The zero-order chi connectivity index (χ0) is 13.9. The molecule has 19 heavy (non-hydrogen) atoms. The first-order chi connectivity index (χ1) is 9.00. The van der Waals surface area contributed by atoms with Crippen molar-refractivity contribution in [2.75, 3.05) is 13.1 Å². The number of nitrogens with one attached hydrogen (secondary N) is 2. The highest BCUT2D eigenvalue weighted by molar-refractivity contribution is 5.96. The van der Waals surface area contributed by atoms with Crippen molar-refractivity contribution in [2.24, 2.45) is 5.41 Å². The van der Waals surface area contributed by atoms with Gasteiger partial charge in [-0.1, -0.05) is 13.8 Å². The van der Waals surface area contributed by atoms with Crippen LogP contribution in [-0.4, -0.2) is 35.1 Å². The third-order valence-electron chi connectivity index (χ3n) is 3.84. The molecule has 0 aliphatic carbocycles. The van der Waals surface area contributed by atoms with Gasteiger partial charge in [0.05, 0.1) is 11.8 Å². The van der Waals surface area contributed by atoms with Crippen LogP contribution in [-0.2, 0) is 0 Å². The van der Waals surface area contributed by atoms with E-state index in [1.165, 1.54) is 24.9 Å². The molecule has 0 bridgehead atoms. The second-order valence-corrected chi connectivity index (χ2v) is 5.70. The van der Waals surface area contributed by atoms with E-state index in [2.05, 4.69) is 29.5 Å². The van der Waals surface area contributed by atoms with Crippen LogP contribution in [0.4, 0.5) is 0 Å². The summed E-state index contributed by atoms with van der Waals surface area (Å²) in [5.74, 6) is -0.348. The SMILES string of the molecule is CC1(C)CCCNC1CNC(=O)c1ccncc1O. The lowest BCUT2D eigenvalue weighted by Gasteiger charge is -2.39. The lowest BCUT2D eigenvalue weighted by atomic mass is 9.77. The van der Waals surface area contributed by atoms with Gasteiger partial charge in [0.25, 0.3) is 5.91 Å².